The van der Waals surface area contributed by atoms with Gasteiger partial charge >= 0.3 is 6.18 Å². The van der Waals surface area contributed by atoms with Gasteiger partial charge in [-0.1, -0.05) is 38.1 Å². The minimum absolute atomic E-state index is 0.163. The van der Waals surface area contributed by atoms with E-state index in [4.69, 9.17) is 4.74 Å². The summed E-state index contributed by atoms with van der Waals surface area (Å²) in [5, 5.41) is 13.9. The Morgan fingerprint density at radius 3 is 2.49 bits per heavy atom. The summed E-state index contributed by atoms with van der Waals surface area (Å²) in [6, 6.07) is 10.6. The smallest absolute Gasteiger partial charge is 0.416 e. The minimum Gasteiger partial charge on any atom is -0.506 e. The monoisotopic (exact) mass is 544 g/mol. The maximum atomic E-state index is 15.5. The Bertz CT molecular complexity index is 1460. The van der Waals surface area contributed by atoms with Gasteiger partial charge in [-0.3, -0.25) is 9.69 Å². The Hall–Kier alpha value is -4.08. The molecule has 10 heteroatoms. The first-order chi connectivity index (χ1) is 18.3. The van der Waals surface area contributed by atoms with E-state index in [2.05, 4.69) is 5.32 Å². The van der Waals surface area contributed by atoms with E-state index in [1.54, 1.807) is 6.07 Å². The van der Waals surface area contributed by atoms with Crippen LogP contribution < -0.4 is 10.2 Å². The fraction of sp³-hybridized carbons (Fsp3) is 0.276. The lowest BCUT2D eigenvalue weighted by Gasteiger charge is -2.38. The molecule has 0 saturated carbocycles. The van der Waals surface area contributed by atoms with Crippen LogP contribution in [0, 0.1) is 17.0 Å². The van der Waals surface area contributed by atoms with E-state index in [1.165, 1.54) is 41.3 Å². The third kappa shape index (κ3) is 5.15. The van der Waals surface area contributed by atoms with Gasteiger partial charge in [0.05, 0.1) is 30.0 Å². The molecule has 1 atom stereocenters. The largest absolute Gasteiger partial charge is 0.506 e. The van der Waals surface area contributed by atoms with Gasteiger partial charge in [-0.15, -0.1) is 0 Å². The van der Waals surface area contributed by atoms with Crippen molar-refractivity contribution in [2.75, 3.05) is 16.8 Å². The number of alkyl halides is 3. The first-order valence-electron chi connectivity index (χ1n) is 12.2. The zero-order valence-corrected chi connectivity index (χ0v) is 21.1. The number of phenols is 1. The predicted octanol–water partition coefficient (Wildman–Crippen LogP) is 7.09. The van der Waals surface area contributed by atoms with Crippen LogP contribution in [0.4, 0.5) is 33.3 Å². The first-order valence-corrected chi connectivity index (χ1v) is 12.2. The van der Waals surface area contributed by atoms with Gasteiger partial charge in [0.15, 0.2) is 0 Å². The molecule has 0 bridgehead atoms. The molecule has 5 rings (SSSR count). The fourth-order valence-electron chi connectivity index (χ4n) is 4.94. The lowest BCUT2D eigenvalue weighted by Crippen LogP contribution is -2.39. The van der Waals surface area contributed by atoms with Crippen LogP contribution in [-0.2, 0) is 22.1 Å². The third-order valence-electron chi connectivity index (χ3n) is 6.79. The number of phenolic OH excluding ortho intramolecular Hbond substituents is 1. The van der Waals surface area contributed by atoms with Gasteiger partial charge in [-0.05, 0) is 48.4 Å². The van der Waals surface area contributed by atoms with Crippen LogP contribution in [0.1, 0.15) is 43.0 Å². The Balaban J connectivity index is 1.73. The number of benzene rings is 3. The van der Waals surface area contributed by atoms with Crippen LogP contribution in [-0.4, -0.2) is 17.6 Å². The molecule has 2 N–H and O–H groups in total. The van der Waals surface area contributed by atoms with Gasteiger partial charge in [-0.2, -0.15) is 13.2 Å². The number of amides is 1. The summed E-state index contributed by atoms with van der Waals surface area (Å²) in [7, 11) is 0. The molecule has 2 aliphatic heterocycles. The topological polar surface area (TPSA) is 61.8 Å². The maximum Gasteiger partial charge on any atom is 0.416 e. The molecule has 1 amide bonds. The molecule has 204 valence electrons. The Morgan fingerprint density at radius 1 is 1.10 bits per heavy atom. The normalized spacial score (nSPS) is 18.4. The fourth-order valence-corrected chi connectivity index (χ4v) is 4.94. The number of anilines is 2. The molecule has 0 radical (unpaired) electrons. The zero-order chi connectivity index (χ0) is 28.1. The number of fused-ring (bicyclic) bond motifs is 1. The van der Waals surface area contributed by atoms with Crippen molar-refractivity contribution < 1.29 is 36.6 Å². The summed E-state index contributed by atoms with van der Waals surface area (Å²) in [6.07, 6.45) is -4.60. The number of carbonyl (C=O) groups is 1. The van der Waals surface area contributed by atoms with Crippen molar-refractivity contribution in [3.05, 3.63) is 100 Å². The van der Waals surface area contributed by atoms with Gasteiger partial charge in [0, 0.05) is 11.0 Å². The molecule has 0 aromatic heterocycles. The molecule has 0 spiro atoms. The summed E-state index contributed by atoms with van der Waals surface area (Å²) in [4.78, 5) is 15.2. The number of nitrogens with one attached hydrogen (secondary N) is 1. The molecule has 0 fully saturated rings. The second kappa shape index (κ2) is 9.59. The van der Waals surface area contributed by atoms with E-state index in [9.17, 15) is 27.5 Å². The van der Waals surface area contributed by atoms with Gasteiger partial charge in [0.1, 0.15) is 34.9 Å². The van der Waals surface area contributed by atoms with Crippen molar-refractivity contribution in [2.45, 2.75) is 38.9 Å². The van der Waals surface area contributed by atoms with Crippen LogP contribution in [0.5, 0.6) is 5.75 Å². The number of nitrogens with zero attached hydrogens (tertiary/aromatic N) is 1. The molecule has 2 aliphatic rings. The number of rotatable bonds is 3. The van der Waals surface area contributed by atoms with Gasteiger partial charge in [-0.25, -0.2) is 8.78 Å². The summed E-state index contributed by atoms with van der Waals surface area (Å²) < 4.78 is 75.2. The number of carbonyl (C=O) groups excluding carboxylic acids is 1. The highest BCUT2D eigenvalue weighted by molar-refractivity contribution is 6.01. The van der Waals surface area contributed by atoms with Crippen molar-refractivity contribution >= 4 is 17.3 Å². The molecule has 2 heterocycles. The van der Waals surface area contributed by atoms with E-state index in [-0.39, 0.29) is 46.9 Å². The van der Waals surface area contributed by atoms with Crippen LogP contribution in [0.25, 0.3) is 0 Å². The highest BCUT2D eigenvalue weighted by atomic mass is 19.4. The van der Waals surface area contributed by atoms with Crippen LogP contribution in [0.3, 0.4) is 0 Å². The highest BCUT2D eigenvalue weighted by Gasteiger charge is 2.43. The lowest BCUT2D eigenvalue weighted by atomic mass is 9.85. The second-order valence-electron chi connectivity index (χ2n) is 10.5. The molecule has 1 unspecified atom stereocenters. The standard InChI is InChI=1S/C29H25F5N2O3/c1-28(2)14-21-27(39-15-28)26(19-11-8-17(13-20(19)31)29(32,33)34)36(22-4-3-5-23(37)25(22)35-21)24(38)12-16-6-9-18(30)10-7-16/h3-11,13,26,35,37H,12,14-15H2,1-2H3. The molecular weight excluding hydrogens is 519 g/mol. The van der Waals surface area contributed by atoms with Crippen LogP contribution in [0.2, 0.25) is 0 Å². The van der Waals surface area contributed by atoms with Gasteiger partial charge in [0.2, 0.25) is 5.91 Å². The van der Waals surface area contributed by atoms with E-state index in [1.807, 2.05) is 13.8 Å². The van der Waals surface area contributed by atoms with Crippen molar-refractivity contribution in [3.63, 3.8) is 0 Å². The summed E-state index contributed by atoms with van der Waals surface area (Å²) in [5.41, 5.74) is -0.455. The number of allylic oxidation sites excluding steroid dienone is 1. The van der Waals surface area contributed by atoms with Crippen LogP contribution in [0.15, 0.2) is 72.1 Å². The van der Waals surface area contributed by atoms with Gasteiger partial charge < -0.3 is 15.2 Å². The molecule has 3 aromatic rings. The average Bonchev–Trinajstić information content (AvgIpc) is 2.99. The predicted molar refractivity (Wildman–Crippen MR) is 135 cm³/mol. The molecule has 0 aliphatic carbocycles. The summed E-state index contributed by atoms with van der Waals surface area (Å²) >= 11 is 0. The minimum atomic E-state index is -4.77. The van der Waals surface area contributed by atoms with Crippen molar-refractivity contribution in [2.24, 2.45) is 5.41 Å². The SMILES string of the molecule is CC1(C)COC2=C(C1)Nc1c(O)cccc1N(C(=O)Cc1ccc(F)cc1)C2c1ccc(C(F)(F)F)cc1F. The van der Waals surface area contributed by atoms with Gasteiger partial charge in [0.25, 0.3) is 0 Å². The summed E-state index contributed by atoms with van der Waals surface area (Å²) in [6.45, 7) is 4.09. The number of hydrogen-bond acceptors (Lipinski definition) is 4. The van der Waals surface area contributed by atoms with E-state index >= 15 is 4.39 Å². The zero-order valence-electron chi connectivity index (χ0n) is 21.1. The Labute approximate surface area is 221 Å². The Morgan fingerprint density at radius 2 is 1.82 bits per heavy atom. The molecular formula is C29H25F5N2O3. The number of para-hydroxylation sites is 1. The third-order valence-corrected chi connectivity index (χ3v) is 6.79. The molecule has 39 heavy (non-hydrogen) atoms. The Kier molecular flexibility index (Phi) is 6.52. The second-order valence-corrected chi connectivity index (χ2v) is 10.5. The first kappa shape index (κ1) is 26.5. The molecule has 3 aromatic carbocycles. The van der Waals surface area contributed by atoms with Crippen molar-refractivity contribution in [1.29, 1.82) is 0 Å². The summed E-state index contributed by atoms with van der Waals surface area (Å²) in [5.74, 6) is -2.25. The molecule has 0 saturated heterocycles. The van der Waals surface area contributed by atoms with Crippen molar-refractivity contribution in [3.8, 4) is 5.75 Å². The highest BCUT2D eigenvalue weighted by Crippen LogP contribution is 2.50. The number of aromatic hydroxyl groups is 1. The molecule has 5 nitrogen and oxygen atoms in total. The van der Waals surface area contributed by atoms with E-state index < -0.39 is 35.3 Å². The number of halogens is 5. The van der Waals surface area contributed by atoms with E-state index in [0.717, 1.165) is 12.1 Å². The maximum absolute atomic E-state index is 15.5. The van der Waals surface area contributed by atoms with Crippen LogP contribution >= 0.6 is 0 Å². The average molecular weight is 545 g/mol. The quantitative estimate of drug-likeness (QED) is 0.273. The number of hydrogen-bond donors (Lipinski definition) is 2. The lowest BCUT2D eigenvalue weighted by molar-refractivity contribution is -0.137. The van der Waals surface area contributed by atoms with Crippen molar-refractivity contribution in [1.82, 2.24) is 0 Å². The van der Waals surface area contributed by atoms with E-state index in [0.29, 0.717) is 23.7 Å². The number of ether oxygens (including phenoxy) is 1.